The van der Waals surface area contributed by atoms with Crippen LogP contribution >= 0.6 is 11.3 Å². The molecule has 4 aromatic rings. The number of aliphatic imine (C=N–C) groups is 1. The molecule has 0 atom stereocenters. The van der Waals surface area contributed by atoms with Gasteiger partial charge in [-0.1, -0.05) is 78.9 Å². The summed E-state index contributed by atoms with van der Waals surface area (Å²) in [4.78, 5) is 15.1. The van der Waals surface area contributed by atoms with Crippen LogP contribution in [0.2, 0.25) is 0 Å². The van der Waals surface area contributed by atoms with Crippen LogP contribution in [0.15, 0.2) is 89.9 Å². The number of rotatable bonds is 5. The third kappa shape index (κ3) is 4.93. The molecule has 5 rings (SSSR count). The summed E-state index contributed by atoms with van der Waals surface area (Å²) in [5, 5.41) is 1.70. The summed E-state index contributed by atoms with van der Waals surface area (Å²) in [6.07, 6.45) is 0. The molecular weight excluding hydrogens is 443 g/mol. The molecule has 6 heteroatoms. The van der Waals surface area contributed by atoms with E-state index in [1.54, 1.807) is 23.5 Å². The second-order valence-corrected chi connectivity index (χ2v) is 9.25. The Labute approximate surface area is 204 Å². The predicted octanol–water partition coefficient (Wildman–Crippen LogP) is 6.33. The van der Waals surface area contributed by atoms with E-state index in [0.29, 0.717) is 0 Å². The van der Waals surface area contributed by atoms with Gasteiger partial charge in [0, 0.05) is 42.9 Å². The molecule has 0 aliphatic carbocycles. The van der Waals surface area contributed by atoms with E-state index in [2.05, 4.69) is 53.1 Å². The van der Waals surface area contributed by atoms with Crippen molar-refractivity contribution < 1.29 is 4.39 Å². The molecule has 172 valence electrons. The van der Waals surface area contributed by atoms with Crippen molar-refractivity contribution >= 4 is 22.2 Å². The zero-order valence-electron chi connectivity index (χ0n) is 19.2. The molecule has 1 aromatic heterocycles. The number of halogens is 1. The molecule has 0 saturated carbocycles. The van der Waals surface area contributed by atoms with Crippen molar-refractivity contribution in [3.63, 3.8) is 0 Å². The molecule has 34 heavy (non-hydrogen) atoms. The van der Waals surface area contributed by atoms with Crippen molar-refractivity contribution in [2.24, 2.45) is 4.99 Å². The molecule has 0 bridgehead atoms. The summed E-state index contributed by atoms with van der Waals surface area (Å²) >= 11 is 1.55. The quantitative estimate of drug-likeness (QED) is 0.252. The van der Waals surface area contributed by atoms with E-state index in [9.17, 15) is 4.39 Å². The van der Waals surface area contributed by atoms with Crippen LogP contribution in [0.4, 0.5) is 9.39 Å². The fourth-order valence-corrected chi connectivity index (χ4v) is 5.13. The lowest BCUT2D eigenvalue weighted by molar-refractivity contribution is 0.190. The highest BCUT2D eigenvalue weighted by Gasteiger charge is 2.22. The van der Waals surface area contributed by atoms with Crippen molar-refractivity contribution in [3.05, 3.63) is 96.3 Å². The normalized spacial score (nSPS) is 15.0. The van der Waals surface area contributed by atoms with Crippen LogP contribution in [0, 0.1) is 5.82 Å². The average Bonchev–Trinajstić information content (AvgIpc) is 3.33. The lowest BCUT2D eigenvalue weighted by Gasteiger charge is -2.36. The van der Waals surface area contributed by atoms with Gasteiger partial charge in [-0.3, -0.25) is 0 Å². The van der Waals surface area contributed by atoms with Gasteiger partial charge < -0.3 is 9.80 Å². The molecule has 4 nitrogen and oxygen atoms in total. The SMILES string of the molecule is CCN1CCN(/C(=N/c2sc(-c3ccc(F)cc3)nc2-c2ccccc2)c2ccccc2)CC1. The molecule has 1 aliphatic heterocycles. The summed E-state index contributed by atoms with van der Waals surface area (Å²) in [5.74, 6) is 0.724. The molecule has 0 amide bonds. The van der Waals surface area contributed by atoms with Gasteiger partial charge in [0.25, 0.3) is 0 Å². The van der Waals surface area contributed by atoms with E-state index in [1.807, 2.05) is 24.3 Å². The van der Waals surface area contributed by atoms with Crippen molar-refractivity contribution in [2.75, 3.05) is 32.7 Å². The lowest BCUT2D eigenvalue weighted by Crippen LogP contribution is -2.48. The molecule has 0 spiro atoms. The first kappa shape index (κ1) is 22.4. The van der Waals surface area contributed by atoms with Crippen molar-refractivity contribution in [3.8, 4) is 21.8 Å². The first-order valence-corrected chi connectivity index (χ1v) is 12.5. The molecular formula is C28H27FN4S. The van der Waals surface area contributed by atoms with E-state index < -0.39 is 0 Å². The summed E-state index contributed by atoms with van der Waals surface area (Å²) in [6, 6.07) is 27.0. The summed E-state index contributed by atoms with van der Waals surface area (Å²) < 4.78 is 13.5. The molecule has 0 N–H and O–H groups in total. The molecule has 1 fully saturated rings. The summed E-state index contributed by atoms with van der Waals surface area (Å²) in [6.45, 7) is 7.20. The monoisotopic (exact) mass is 470 g/mol. The van der Waals surface area contributed by atoms with Gasteiger partial charge in [0.1, 0.15) is 27.4 Å². The van der Waals surface area contributed by atoms with Gasteiger partial charge in [-0.2, -0.15) is 0 Å². The van der Waals surface area contributed by atoms with Crippen LogP contribution in [0.1, 0.15) is 12.5 Å². The summed E-state index contributed by atoms with van der Waals surface area (Å²) in [7, 11) is 0. The Morgan fingerprint density at radius 3 is 2.15 bits per heavy atom. The molecule has 1 aliphatic rings. The molecule has 2 heterocycles. The number of hydrogen-bond donors (Lipinski definition) is 0. The molecule has 1 saturated heterocycles. The molecule has 0 radical (unpaired) electrons. The topological polar surface area (TPSA) is 31.7 Å². The Balaban J connectivity index is 1.61. The highest BCUT2D eigenvalue weighted by molar-refractivity contribution is 7.19. The maximum Gasteiger partial charge on any atom is 0.146 e. The average molecular weight is 471 g/mol. The van der Waals surface area contributed by atoms with Crippen molar-refractivity contribution in [1.82, 2.24) is 14.8 Å². The minimum absolute atomic E-state index is 0.251. The predicted molar refractivity (Wildman–Crippen MR) is 139 cm³/mol. The highest BCUT2D eigenvalue weighted by atomic mass is 32.1. The Bertz CT molecular complexity index is 1240. The van der Waals surface area contributed by atoms with Crippen molar-refractivity contribution in [1.29, 1.82) is 0 Å². The Morgan fingerprint density at radius 1 is 0.853 bits per heavy atom. The van der Waals surface area contributed by atoms with Gasteiger partial charge in [0.2, 0.25) is 0 Å². The van der Waals surface area contributed by atoms with Gasteiger partial charge in [-0.15, -0.1) is 0 Å². The van der Waals surface area contributed by atoms with Crippen LogP contribution in [-0.4, -0.2) is 53.3 Å². The van der Waals surface area contributed by atoms with Crippen LogP contribution in [-0.2, 0) is 0 Å². The van der Waals surface area contributed by atoms with E-state index in [1.165, 1.54) is 12.1 Å². The standard InChI is InChI=1S/C28H27FN4S/c1-2-32-17-19-33(20-18-32)26(22-11-7-4-8-12-22)31-28-25(21-9-5-3-6-10-21)30-27(34-28)23-13-15-24(29)16-14-23/h3-16H,2,17-20H2,1H3/b31-26+. The van der Waals surface area contributed by atoms with Crippen molar-refractivity contribution in [2.45, 2.75) is 6.92 Å². The smallest absolute Gasteiger partial charge is 0.146 e. The number of likely N-dealkylation sites (N-methyl/N-ethyl adjacent to an activating group) is 1. The first-order chi connectivity index (χ1) is 16.7. The van der Waals surface area contributed by atoms with E-state index in [4.69, 9.17) is 9.98 Å². The second-order valence-electron chi connectivity index (χ2n) is 8.27. The van der Waals surface area contributed by atoms with E-state index in [-0.39, 0.29) is 5.82 Å². The maximum atomic E-state index is 13.5. The minimum Gasteiger partial charge on any atom is -0.354 e. The van der Waals surface area contributed by atoms with Crippen LogP contribution in [0.3, 0.4) is 0 Å². The van der Waals surface area contributed by atoms with E-state index in [0.717, 1.165) is 71.0 Å². The van der Waals surface area contributed by atoms with Gasteiger partial charge in [-0.25, -0.2) is 14.4 Å². The largest absolute Gasteiger partial charge is 0.354 e. The maximum absolute atomic E-state index is 13.5. The zero-order valence-corrected chi connectivity index (χ0v) is 20.0. The second kappa shape index (κ2) is 10.3. The fraction of sp³-hybridized carbons (Fsp3) is 0.214. The van der Waals surface area contributed by atoms with E-state index >= 15 is 0 Å². The van der Waals surface area contributed by atoms with Crippen LogP contribution in [0.25, 0.3) is 21.8 Å². The van der Waals surface area contributed by atoms with Crippen LogP contribution in [0.5, 0.6) is 0 Å². The van der Waals surface area contributed by atoms with Crippen LogP contribution < -0.4 is 0 Å². The number of piperazine rings is 1. The van der Waals surface area contributed by atoms with Gasteiger partial charge in [0.15, 0.2) is 0 Å². The number of hydrogen-bond acceptors (Lipinski definition) is 4. The third-order valence-electron chi connectivity index (χ3n) is 6.11. The fourth-order valence-electron chi connectivity index (χ4n) is 4.17. The minimum atomic E-state index is -0.251. The number of amidine groups is 1. The van der Waals surface area contributed by atoms with Gasteiger partial charge >= 0.3 is 0 Å². The lowest BCUT2D eigenvalue weighted by atomic mass is 10.1. The molecule has 0 unspecified atom stereocenters. The van der Waals surface area contributed by atoms with Gasteiger partial charge in [0.05, 0.1) is 0 Å². The molecule has 3 aromatic carbocycles. The number of benzene rings is 3. The summed E-state index contributed by atoms with van der Waals surface area (Å²) in [5.41, 5.74) is 3.87. The number of aromatic nitrogens is 1. The van der Waals surface area contributed by atoms with Gasteiger partial charge in [-0.05, 0) is 30.8 Å². The zero-order chi connectivity index (χ0) is 23.3. The Kier molecular flexibility index (Phi) is 6.79. The first-order valence-electron chi connectivity index (χ1n) is 11.6. The number of nitrogens with zero attached hydrogens (tertiary/aromatic N) is 4. The third-order valence-corrected chi connectivity index (χ3v) is 7.10. The Hall–Kier alpha value is -3.35. The highest BCUT2D eigenvalue weighted by Crippen LogP contribution is 2.40. The number of thiazole rings is 1. The Morgan fingerprint density at radius 2 is 1.50 bits per heavy atom.